The molecule has 3 heteroatoms. The fourth-order valence-electron chi connectivity index (χ4n) is 1.99. The van der Waals surface area contributed by atoms with Crippen LogP contribution in [0.25, 0.3) is 0 Å². The average molecular weight is 171 g/mol. The Balaban J connectivity index is 2.66. The van der Waals surface area contributed by atoms with Crippen molar-refractivity contribution in [3.8, 4) is 0 Å². The van der Waals surface area contributed by atoms with Crippen LogP contribution in [0.3, 0.4) is 0 Å². The van der Waals surface area contributed by atoms with Crippen molar-refractivity contribution in [3.05, 3.63) is 0 Å². The van der Waals surface area contributed by atoms with Gasteiger partial charge in [-0.15, -0.1) is 0 Å². The van der Waals surface area contributed by atoms with Crippen LogP contribution in [0.15, 0.2) is 0 Å². The number of rotatable bonds is 2. The molecule has 12 heavy (non-hydrogen) atoms. The predicted octanol–water partition coefficient (Wildman–Crippen LogP) is 0.923. The molecule has 2 atom stereocenters. The van der Waals surface area contributed by atoms with Crippen LogP contribution >= 0.6 is 0 Å². The topological polar surface area (TPSA) is 52.3 Å². The van der Waals surface area contributed by atoms with Crippen molar-refractivity contribution in [2.75, 3.05) is 7.11 Å². The summed E-state index contributed by atoms with van der Waals surface area (Å²) in [7, 11) is 1.40. The molecule has 0 spiro atoms. The van der Waals surface area contributed by atoms with Gasteiger partial charge in [-0.25, -0.2) is 0 Å². The van der Waals surface area contributed by atoms with Crippen LogP contribution in [-0.4, -0.2) is 18.6 Å². The first-order valence-corrected chi connectivity index (χ1v) is 4.39. The number of nitrogens with two attached hydrogens (primary N) is 1. The number of esters is 1. The predicted molar refractivity (Wildman–Crippen MR) is 46.5 cm³/mol. The van der Waals surface area contributed by atoms with Crippen molar-refractivity contribution in [1.82, 2.24) is 0 Å². The third-order valence-electron chi connectivity index (χ3n) is 2.90. The molecule has 1 rings (SSSR count). The van der Waals surface area contributed by atoms with Gasteiger partial charge in [-0.2, -0.15) is 0 Å². The minimum atomic E-state index is -0.692. The number of ether oxygens (including phenoxy) is 1. The maximum atomic E-state index is 11.3. The number of carbonyl (C=O) groups excluding carboxylic acids is 1. The van der Waals surface area contributed by atoms with Crippen molar-refractivity contribution in [2.45, 2.75) is 32.2 Å². The van der Waals surface area contributed by atoms with Gasteiger partial charge in [0.05, 0.1) is 7.11 Å². The quantitative estimate of drug-likeness (QED) is 0.629. The van der Waals surface area contributed by atoms with Crippen LogP contribution < -0.4 is 5.73 Å². The van der Waals surface area contributed by atoms with Gasteiger partial charge in [0.15, 0.2) is 0 Å². The van der Waals surface area contributed by atoms with Crippen molar-refractivity contribution < 1.29 is 9.53 Å². The summed E-state index contributed by atoms with van der Waals surface area (Å²) >= 11 is 0. The Bertz CT molecular complexity index is 191. The fourth-order valence-corrected chi connectivity index (χ4v) is 1.99. The molecule has 0 aromatic heterocycles. The first kappa shape index (κ1) is 9.52. The first-order chi connectivity index (χ1) is 5.52. The van der Waals surface area contributed by atoms with Gasteiger partial charge in [0, 0.05) is 0 Å². The van der Waals surface area contributed by atoms with Gasteiger partial charge in [0.25, 0.3) is 0 Å². The molecule has 0 unspecified atom stereocenters. The summed E-state index contributed by atoms with van der Waals surface area (Å²) in [5.41, 5.74) is 5.24. The summed E-state index contributed by atoms with van der Waals surface area (Å²) in [6.07, 6.45) is 1.81. The zero-order valence-corrected chi connectivity index (χ0v) is 7.96. The highest BCUT2D eigenvalue weighted by molar-refractivity contribution is 5.82. The molecule has 1 aliphatic carbocycles. The van der Waals surface area contributed by atoms with Gasteiger partial charge in [0.1, 0.15) is 5.54 Å². The van der Waals surface area contributed by atoms with Crippen LogP contribution in [-0.2, 0) is 9.53 Å². The Labute approximate surface area is 73.3 Å². The standard InChI is InChI=1S/C9H17NO2/c1-6(2)7-4-5-9(7,10)8(11)12-3/h6-7H,4-5,10H2,1-3H3/t7-,9+/m0/s1. The molecule has 0 aromatic rings. The van der Waals surface area contributed by atoms with E-state index in [1.54, 1.807) is 0 Å². The van der Waals surface area contributed by atoms with Gasteiger partial charge in [-0.1, -0.05) is 13.8 Å². The third kappa shape index (κ3) is 1.22. The Morgan fingerprint density at radius 2 is 2.25 bits per heavy atom. The van der Waals surface area contributed by atoms with Gasteiger partial charge in [0.2, 0.25) is 0 Å². The molecule has 1 fully saturated rings. The normalized spacial score (nSPS) is 34.6. The summed E-state index contributed by atoms with van der Waals surface area (Å²) < 4.78 is 4.67. The smallest absolute Gasteiger partial charge is 0.326 e. The van der Waals surface area contributed by atoms with E-state index < -0.39 is 5.54 Å². The van der Waals surface area contributed by atoms with Crippen LogP contribution in [0.5, 0.6) is 0 Å². The molecule has 1 aliphatic rings. The Morgan fingerprint density at radius 3 is 2.50 bits per heavy atom. The van der Waals surface area contributed by atoms with Gasteiger partial charge >= 0.3 is 5.97 Å². The lowest BCUT2D eigenvalue weighted by Crippen LogP contribution is -2.62. The van der Waals surface area contributed by atoms with Crippen molar-refractivity contribution >= 4 is 5.97 Å². The van der Waals surface area contributed by atoms with E-state index in [4.69, 9.17) is 5.73 Å². The number of methoxy groups -OCH3 is 1. The van der Waals surface area contributed by atoms with E-state index in [1.165, 1.54) is 7.11 Å². The van der Waals surface area contributed by atoms with Gasteiger partial charge in [-0.05, 0) is 24.7 Å². The molecule has 0 amide bonds. The monoisotopic (exact) mass is 171 g/mol. The van der Waals surface area contributed by atoms with Crippen molar-refractivity contribution in [3.63, 3.8) is 0 Å². The van der Waals surface area contributed by atoms with E-state index in [0.29, 0.717) is 11.8 Å². The zero-order valence-electron chi connectivity index (χ0n) is 7.96. The lowest BCUT2D eigenvalue weighted by molar-refractivity contribution is -0.155. The second-order valence-electron chi connectivity index (χ2n) is 3.92. The SMILES string of the molecule is COC(=O)[C@@]1(N)CC[C@H]1C(C)C. The molecule has 1 saturated carbocycles. The Hall–Kier alpha value is -0.570. The van der Waals surface area contributed by atoms with E-state index in [0.717, 1.165) is 12.8 Å². The highest BCUT2D eigenvalue weighted by Crippen LogP contribution is 2.41. The highest BCUT2D eigenvalue weighted by Gasteiger charge is 2.51. The minimum Gasteiger partial charge on any atom is -0.468 e. The first-order valence-electron chi connectivity index (χ1n) is 4.39. The number of hydrogen-bond acceptors (Lipinski definition) is 3. The summed E-state index contributed by atoms with van der Waals surface area (Å²) in [5, 5.41) is 0. The number of hydrogen-bond donors (Lipinski definition) is 1. The van der Waals surface area contributed by atoms with E-state index >= 15 is 0 Å². The summed E-state index contributed by atoms with van der Waals surface area (Å²) in [5.74, 6) is 0.500. The second-order valence-corrected chi connectivity index (χ2v) is 3.92. The molecule has 0 radical (unpaired) electrons. The molecule has 0 aromatic carbocycles. The molecule has 2 N–H and O–H groups in total. The summed E-state index contributed by atoms with van der Waals surface area (Å²) in [6.45, 7) is 4.18. The number of carbonyl (C=O) groups is 1. The molecule has 70 valence electrons. The van der Waals surface area contributed by atoms with Gasteiger partial charge in [-0.3, -0.25) is 4.79 Å². The largest absolute Gasteiger partial charge is 0.468 e. The highest BCUT2D eigenvalue weighted by atomic mass is 16.5. The van der Waals surface area contributed by atoms with E-state index in [2.05, 4.69) is 18.6 Å². The average Bonchev–Trinajstić information content (AvgIpc) is 1.98. The zero-order chi connectivity index (χ0) is 9.35. The molecule has 3 nitrogen and oxygen atoms in total. The van der Waals surface area contributed by atoms with E-state index in [-0.39, 0.29) is 5.97 Å². The van der Waals surface area contributed by atoms with Crippen LogP contribution in [0, 0.1) is 11.8 Å². The van der Waals surface area contributed by atoms with E-state index in [1.807, 2.05) is 0 Å². The van der Waals surface area contributed by atoms with Crippen LogP contribution in [0.2, 0.25) is 0 Å². The third-order valence-corrected chi connectivity index (χ3v) is 2.90. The lowest BCUT2D eigenvalue weighted by Gasteiger charge is -2.46. The Morgan fingerprint density at radius 1 is 1.67 bits per heavy atom. The Kier molecular flexibility index (Phi) is 2.42. The van der Waals surface area contributed by atoms with E-state index in [9.17, 15) is 4.79 Å². The minimum absolute atomic E-state index is 0.257. The summed E-state index contributed by atoms with van der Waals surface area (Å²) in [6, 6.07) is 0. The maximum absolute atomic E-state index is 11.3. The van der Waals surface area contributed by atoms with Crippen LogP contribution in [0.1, 0.15) is 26.7 Å². The fraction of sp³-hybridized carbons (Fsp3) is 0.889. The van der Waals surface area contributed by atoms with Crippen LogP contribution in [0.4, 0.5) is 0 Å². The van der Waals surface area contributed by atoms with Gasteiger partial charge < -0.3 is 10.5 Å². The maximum Gasteiger partial charge on any atom is 0.326 e. The summed E-state index contributed by atoms with van der Waals surface area (Å²) in [4.78, 5) is 11.3. The molecule has 0 saturated heterocycles. The van der Waals surface area contributed by atoms with Crippen molar-refractivity contribution in [1.29, 1.82) is 0 Å². The molecule has 0 heterocycles. The van der Waals surface area contributed by atoms with Crippen molar-refractivity contribution in [2.24, 2.45) is 17.6 Å². The molecular formula is C9H17NO2. The lowest BCUT2D eigenvalue weighted by atomic mass is 9.62. The second kappa shape index (κ2) is 3.05. The molecule has 0 aliphatic heterocycles. The molecule has 0 bridgehead atoms. The molecular weight excluding hydrogens is 154 g/mol.